The molecule has 616 valence electrons. The maximum absolute atomic E-state index is 8.14. The number of benzene rings is 19. The molecule has 32 aromatic rings. The van der Waals surface area contributed by atoms with Crippen LogP contribution in [-0.2, 0) is 0 Å². The standard InChI is InChI=1S/C42H24N4.C41H23N5.C37H19N5/c1-2-13-26(14-3-1)39-42(44-33-19-9-8-18-32(33)43-39)46-36-23-22-25-12-4-5-15-27(25)37(36)31-24-30-28-16-6-10-20-34(28)45-35-21-11-7-17-29(35)38(40(30)45)41(31)46;1-2-12-26-24(10-1)19-20-35-36(26)31-22-30-27-13-4-7-17-33(27)45-34-18-8-5-15-29(34)37(39(30)45)40(31)46(35)41-43-32-16-6-3-14-28(32)38(44-41)25-11-9-21-42-23-25;1-38-36-37(40-28-15-7-6-14-27(28)39-36)42-31-19-18-21-10-2-3-11-22(21)32(31)26-20-25-23-12-4-8-16-29(23)41-30-17-9-5-13-24(30)33(34(25)41)35(26)42/h1-24H;1-23H;2-20H. The predicted molar refractivity (Wildman–Crippen MR) is 553 cm³/mol. The van der Waals surface area contributed by atoms with E-state index in [1.807, 2.05) is 60.8 Å². The topological polar surface area (TPSA) is 123 Å². The number of hydrogen-bond donors (Lipinski definition) is 0. The second-order valence-electron chi connectivity index (χ2n) is 35.1. The summed E-state index contributed by atoms with van der Waals surface area (Å²) in [5, 5.41) is 30.2. The second kappa shape index (κ2) is 27.2. The Morgan fingerprint density at radius 1 is 0.209 bits per heavy atom. The molecule has 0 bridgehead atoms. The fourth-order valence-corrected chi connectivity index (χ4v) is 23.0. The van der Waals surface area contributed by atoms with E-state index >= 15 is 0 Å². The molecular weight excluding hydrogens is 1640 g/mol. The van der Waals surface area contributed by atoms with Gasteiger partial charge < -0.3 is 22.6 Å². The molecule has 0 aliphatic rings. The zero-order valence-corrected chi connectivity index (χ0v) is 71.4. The molecule has 0 aliphatic heterocycles. The molecule has 13 aromatic heterocycles. The van der Waals surface area contributed by atoms with Gasteiger partial charge in [0.05, 0.1) is 105 Å². The molecule has 0 radical (unpaired) electrons. The van der Waals surface area contributed by atoms with Crippen molar-refractivity contribution in [2.45, 2.75) is 0 Å². The third kappa shape index (κ3) is 9.80. The summed E-state index contributed by atoms with van der Waals surface area (Å²) in [4.78, 5) is 39.7. The zero-order chi connectivity index (χ0) is 87.4. The lowest BCUT2D eigenvalue weighted by Crippen LogP contribution is -2.04. The van der Waals surface area contributed by atoms with Gasteiger partial charge in [0, 0.05) is 126 Å². The van der Waals surface area contributed by atoms with E-state index in [1.54, 1.807) is 6.20 Å². The first-order chi connectivity index (χ1) is 66.5. The quantitative estimate of drug-likeness (QED) is 0.157. The number of pyridine rings is 1. The maximum Gasteiger partial charge on any atom is 0.313 e. The van der Waals surface area contributed by atoms with Crippen LogP contribution in [0.15, 0.2) is 401 Å². The average molecular weight is 1700 g/mol. The highest BCUT2D eigenvalue weighted by molar-refractivity contribution is 6.40. The van der Waals surface area contributed by atoms with E-state index in [2.05, 4.69) is 370 Å². The lowest BCUT2D eigenvalue weighted by molar-refractivity contribution is 1.02. The van der Waals surface area contributed by atoms with Crippen molar-refractivity contribution in [2.75, 3.05) is 0 Å². The zero-order valence-electron chi connectivity index (χ0n) is 71.4. The summed E-state index contributed by atoms with van der Waals surface area (Å²) in [5.41, 5.74) is 25.4. The van der Waals surface area contributed by atoms with E-state index in [-0.39, 0.29) is 0 Å². The summed E-state index contributed by atoms with van der Waals surface area (Å²) in [7, 11) is 0. The van der Waals surface area contributed by atoms with E-state index in [1.165, 1.54) is 168 Å². The van der Waals surface area contributed by atoms with E-state index in [9.17, 15) is 0 Å². The van der Waals surface area contributed by atoms with E-state index < -0.39 is 0 Å². The Balaban J connectivity index is 0.0000000961. The van der Waals surface area contributed by atoms with Crippen LogP contribution in [0.5, 0.6) is 0 Å². The van der Waals surface area contributed by atoms with Crippen molar-refractivity contribution in [1.29, 1.82) is 0 Å². The molecule has 14 heteroatoms. The number of para-hydroxylation sites is 11. The molecule has 0 unspecified atom stereocenters. The normalized spacial score (nSPS) is 12.3. The van der Waals surface area contributed by atoms with Gasteiger partial charge in [-0.1, -0.05) is 280 Å². The highest BCUT2D eigenvalue weighted by atomic mass is 15.2. The van der Waals surface area contributed by atoms with Crippen LogP contribution >= 0.6 is 0 Å². The van der Waals surface area contributed by atoms with Gasteiger partial charge >= 0.3 is 5.82 Å². The average Bonchev–Trinajstić information content (AvgIpc) is 1.52. The first kappa shape index (κ1) is 72.4. The third-order valence-electron chi connectivity index (χ3n) is 28.3. The Labute approximate surface area is 759 Å². The fraction of sp³-hybridized carbons (Fsp3) is 0. The van der Waals surface area contributed by atoms with Gasteiger partial charge in [-0.05, 0) is 148 Å². The van der Waals surface area contributed by atoms with Gasteiger partial charge in [0.2, 0.25) is 5.95 Å². The van der Waals surface area contributed by atoms with E-state index in [0.29, 0.717) is 17.6 Å². The van der Waals surface area contributed by atoms with Crippen LogP contribution in [-0.4, -0.2) is 61.8 Å². The number of aromatic nitrogens is 13. The molecule has 13 heterocycles. The largest absolute Gasteiger partial charge is 0.358 e. The minimum Gasteiger partial charge on any atom is -0.358 e. The summed E-state index contributed by atoms with van der Waals surface area (Å²) < 4.78 is 14.2. The Kier molecular flexibility index (Phi) is 14.7. The van der Waals surface area contributed by atoms with Crippen molar-refractivity contribution in [3.05, 3.63) is 412 Å². The molecule has 0 fully saturated rings. The van der Waals surface area contributed by atoms with Crippen molar-refractivity contribution in [3.63, 3.8) is 0 Å². The molecule has 32 rings (SSSR count). The number of hydrogen-bond acceptors (Lipinski definition) is 7. The Hall–Kier alpha value is -18.6. The summed E-state index contributed by atoms with van der Waals surface area (Å²) in [6.07, 6.45) is 3.69. The monoisotopic (exact) mass is 1700 g/mol. The van der Waals surface area contributed by atoms with Crippen molar-refractivity contribution in [2.24, 2.45) is 0 Å². The molecule has 134 heavy (non-hydrogen) atoms. The van der Waals surface area contributed by atoms with Crippen LogP contribution in [0.1, 0.15) is 0 Å². The van der Waals surface area contributed by atoms with Crippen LogP contribution in [0, 0.1) is 6.57 Å². The van der Waals surface area contributed by atoms with Gasteiger partial charge in [0.25, 0.3) is 0 Å². The highest BCUT2D eigenvalue weighted by Gasteiger charge is 2.33. The van der Waals surface area contributed by atoms with Crippen LogP contribution in [0.3, 0.4) is 0 Å². The lowest BCUT2D eigenvalue weighted by Gasteiger charge is -2.14. The van der Waals surface area contributed by atoms with E-state index in [4.69, 9.17) is 36.5 Å². The number of fused-ring (bicyclic) bond motifs is 39. The van der Waals surface area contributed by atoms with Crippen LogP contribution < -0.4 is 0 Å². The maximum atomic E-state index is 8.14. The minimum absolute atomic E-state index is 0.291. The Bertz CT molecular complexity index is 10800. The third-order valence-corrected chi connectivity index (χ3v) is 28.3. The van der Waals surface area contributed by atoms with Gasteiger partial charge in [-0.25, -0.2) is 24.9 Å². The summed E-state index contributed by atoms with van der Waals surface area (Å²) >= 11 is 0. The van der Waals surface area contributed by atoms with Crippen molar-refractivity contribution in [1.82, 2.24) is 61.8 Å². The first-order valence-corrected chi connectivity index (χ1v) is 45.2. The molecule has 0 atom stereocenters. The summed E-state index contributed by atoms with van der Waals surface area (Å²) in [5.74, 6) is 2.33. The molecular formula is C120H66N14. The molecule has 0 saturated carbocycles. The Morgan fingerprint density at radius 2 is 0.552 bits per heavy atom. The lowest BCUT2D eigenvalue weighted by atomic mass is 10.0. The van der Waals surface area contributed by atoms with Crippen LogP contribution in [0.25, 0.3) is 290 Å². The van der Waals surface area contributed by atoms with Crippen LogP contribution in [0.2, 0.25) is 0 Å². The molecule has 0 saturated heterocycles. The van der Waals surface area contributed by atoms with Gasteiger partial charge in [0.1, 0.15) is 11.2 Å². The molecule has 0 amide bonds. The molecule has 0 spiro atoms. The molecule has 0 N–H and O–H groups in total. The minimum atomic E-state index is 0.291. The SMILES string of the molecule is [C-]#[N+]c1nc2ccccc2nc1-n1c2ccc3ccccc3c2c2cc3c4ccccc4n4c5ccccc5c(c21)c34.c1ccc(-c2nc3ccccc3nc2-n2c3ccc4ccccc4c3c3cc4c5ccccc5n5c6ccccc6c(c32)c45)cc1.c1cncc(-c2nc(-n3c4ccc5ccccc5c4c4cc5c6ccccc6n6c7ccccc7c(c43)c56)nc3ccccc23)c1. The first-order valence-electron chi connectivity index (χ1n) is 45.2. The van der Waals surface area contributed by atoms with Gasteiger partial charge in [0.15, 0.2) is 17.2 Å². The van der Waals surface area contributed by atoms with Gasteiger partial charge in [-0.2, -0.15) is 0 Å². The Morgan fingerprint density at radius 3 is 0.993 bits per heavy atom. The predicted octanol–water partition coefficient (Wildman–Crippen LogP) is 30.4. The van der Waals surface area contributed by atoms with Gasteiger partial charge in [-0.3, -0.25) is 14.1 Å². The van der Waals surface area contributed by atoms with Crippen molar-refractivity contribution >= 4 is 251 Å². The van der Waals surface area contributed by atoms with Crippen molar-refractivity contribution < 1.29 is 0 Å². The molecule has 19 aromatic carbocycles. The summed E-state index contributed by atoms with van der Waals surface area (Å²) in [6.45, 7) is 8.14. The number of rotatable bonds is 5. The molecule has 14 nitrogen and oxygen atoms in total. The van der Waals surface area contributed by atoms with E-state index in [0.717, 1.165) is 105 Å². The smallest absolute Gasteiger partial charge is 0.313 e. The number of nitrogens with zero attached hydrogens (tertiary/aromatic N) is 14. The van der Waals surface area contributed by atoms with Gasteiger partial charge in [-0.15, -0.1) is 4.98 Å². The van der Waals surface area contributed by atoms with Crippen molar-refractivity contribution in [3.8, 4) is 40.1 Å². The molecule has 0 aliphatic carbocycles. The summed E-state index contributed by atoms with van der Waals surface area (Å²) in [6, 6.07) is 138. The van der Waals surface area contributed by atoms with Crippen LogP contribution in [0.4, 0.5) is 5.82 Å². The second-order valence-corrected chi connectivity index (χ2v) is 35.1. The highest BCUT2D eigenvalue weighted by Crippen LogP contribution is 2.54. The fourth-order valence-electron chi connectivity index (χ4n) is 23.0.